The molecule has 0 fully saturated rings. The lowest BCUT2D eigenvalue weighted by atomic mass is 10.1. The van der Waals surface area contributed by atoms with Gasteiger partial charge in [0.1, 0.15) is 17.4 Å². The number of pyridine rings is 2. The normalized spacial score (nSPS) is 10.8. The van der Waals surface area contributed by atoms with Crippen molar-refractivity contribution in [1.82, 2.24) is 9.97 Å². The summed E-state index contributed by atoms with van der Waals surface area (Å²) in [7, 11) is 0. The lowest BCUT2D eigenvalue weighted by molar-refractivity contribution is 0.0984. The van der Waals surface area contributed by atoms with Crippen LogP contribution in [0.3, 0.4) is 0 Å². The van der Waals surface area contributed by atoms with Crippen molar-refractivity contribution in [2.45, 2.75) is 13.5 Å². The number of aromatic nitrogens is 2. The molecule has 0 atom stereocenters. The summed E-state index contributed by atoms with van der Waals surface area (Å²) in [5.41, 5.74) is 8.28. The number of fused-ring (bicyclic) bond motifs is 1. The van der Waals surface area contributed by atoms with Crippen molar-refractivity contribution in [3.8, 4) is 5.75 Å². The van der Waals surface area contributed by atoms with E-state index >= 15 is 0 Å². The molecular formula is C24H21FN4O2. The number of carbonyl (C=O) groups is 1. The largest absolute Gasteiger partial charge is 0.492 e. The lowest BCUT2D eigenvalue weighted by Gasteiger charge is -2.25. The number of benzene rings is 2. The van der Waals surface area contributed by atoms with Gasteiger partial charge < -0.3 is 15.4 Å². The Morgan fingerprint density at radius 3 is 2.74 bits per heavy atom. The van der Waals surface area contributed by atoms with Gasteiger partial charge in [-0.15, -0.1) is 0 Å². The number of nitrogens with two attached hydrogens (primary N) is 1. The van der Waals surface area contributed by atoms with Crippen LogP contribution in [0.4, 0.5) is 15.9 Å². The topological polar surface area (TPSA) is 81.3 Å². The van der Waals surface area contributed by atoms with Crippen molar-refractivity contribution in [3.63, 3.8) is 0 Å². The van der Waals surface area contributed by atoms with Crippen molar-refractivity contribution < 1.29 is 13.9 Å². The molecule has 0 bridgehead atoms. The maximum atomic E-state index is 13.9. The minimum atomic E-state index is -0.439. The first-order chi connectivity index (χ1) is 15.0. The first kappa shape index (κ1) is 20.3. The van der Waals surface area contributed by atoms with Crippen LogP contribution in [-0.4, -0.2) is 22.5 Å². The van der Waals surface area contributed by atoms with E-state index in [0.29, 0.717) is 29.4 Å². The van der Waals surface area contributed by atoms with Crippen LogP contribution < -0.4 is 15.4 Å². The third kappa shape index (κ3) is 4.45. The van der Waals surface area contributed by atoms with Crippen molar-refractivity contribution in [2.24, 2.45) is 0 Å². The minimum Gasteiger partial charge on any atom is -0.492 e. The molecule has 0 saturated carbocycles. The summed E-state index contributed by atoms with van der Waals surface area (Å²) >= 11 is 0. The molecule has 0 unspecified atom stereocenters. The molecule has 7 heteroatoms. The summed E-state index contributed by atoms with van der Waals surface area (Å²) in [4.78, 5) is 23.4. The zero-order chi connectivity index (χ0) is 21.8. The van der Waals surface area contributed by atoms with E-state index in [9.17, 15) is 9.18 Å². The zero-order valence-electron chi connectivity index (χ0n) is 17.0. The van der Waals surface area contributed by atoms with E-state index in [0.717, 1.165) is 16.5 Å². The number of nitrogens with zero attached hydrogens (tertiary/aromatic N) is 3. The predicted molar refractivity (Wildman–Crippen MR) is 118 cm³/mol. The highest BCUT2D eigenvalue weighted by atomic mass is 19.1. The van der Waals surface area contributed by atoms with Gasteiger partial charge in [-0.3, -0.25) is 9.78 Å². The molecule has 6 nitrogen and oxygen atoms in total. The summed E-state index contributed by atoms with van der Waals surface area (Å²) in [5.74, 6) is 0.000609. The van der Waals surface area contributed by atoms with Crippen molar-refractivity contribution in [1.29, 1.82) is 0 Å². The minimum absolute atomic E-state index is 0.228. The van der Waals surface area contributed by atoms with Gasteiger partial charge in [-0.1, -0.05) is 12.1 Å². The molecule has 0 spiro atoms. The maximum absolute atomic E-state index is 13.9. The molecule has 31 heavy (non-hydrogen) atoms. The smallest absolute Gasteiger partial charge is 0.260 e. The number of amides is 1. The van der Waals surface area contributed by atoms with Gasteiger partial charge in [0.25, 0.3) is 5.91 Å². The van der Waals surface area contributed by atoms with Crippen LogP contribution in [0.2, 0.25) is 0 Å². The monoisotopic (exact) mass is 416 g/mol. The Labute approximate surface area is 179 Å². The number of halogens is 1. The van der Waals surface area contributed by atoms with Gasteiger partial charge in [0, 0.05) is 23.8 Å². The van der Waals surface area contributed by atoms with Crippen LogP contribution in [-0.2, 0) is 6.54 Å². The highest BCUT2D eigenvalue weighted by molar-refractivity contribution is 6.06. The Kier molecular flexibility index (Phi) is 5.75. The number of nitrogen functional groups attached to an aromatic ring is 1. The second-order valence-electron chi connectivity index (χ2n) is 6.94. The number of hydrogen-bond donors (Lipinski definition) is 1. The fraction of sp³-hybridized carbons (Fsp3) is 0.125. The quantitative estimate of drug-likeness (QED) is 0.497. The molecule has 0 radical (unpaired) electrons. The number of ether oxygens (including phenoxy) is 1. The van der Waals surface area contributed by atoms with E-state index in [1.54, 1.807) is 42.3 Å². The number of anilines is 2. The molecule has 156 valence electrons. The third-order valence-electron chi connectivity index (χ3n) is 4.78. The van der Waals surface area contributed by atoms with Gasteiger partial charge in [-0.2, -0.15) is 0 Å². The molecule has 4 aromatic rings. The van der Waals surface area contributed by atoms with E-state index < -0.39 is 5.82 Å². The summed E-state index contributed by atoms with van der Waals surface area (Å²) in [6.07, 6.45) is 3.10. The summed E-state index contributed by atoms with van der Waals surface area (Å²) < 4.78 is 19.5. The summed E-state index contributed by atoms with van der Waals surface area (Å²) in [5, 5.41) is 0.944. The van der Waals surface area contributed by atoms with Gasteiger partial charge in [0.2, 0.25) is 0 Å². The fourth-order valence-corrected chi connectivity index (χ4v) is 3.35. The maximum Gasteiger partial charge on any atom is 0.260 e. The molecule has 0 aliphatic rings. The Balaban J connectivity index is 1.79. The molecule has 0 aliphatic carbocycles. The molecule has 0 saturated heterocycles. The predicted octanol–water partition coefficient (Wildman–Crippen LogP) is 4.60. The van der Waals surface area contributed by atoms with Crippen LogP contribution in [0.5, 0.6) is 5.75 Å². The fourth-order valence-electron chi connectivity index (χ4n) is 3.35. The van der Waals surface area contributed by atoms with Gasteiger partial charge in [-0.25, -0.2) is 9.37 Å². The average molecular weight is 416 g/mol. The lowest BCUT2D eigenvalue weighted by Crippen LogP contribution is -2.31. The van der Waals surface area contributed by atoms with E-state index in [2.05, 4.69) is 9.97 Å². The van der Waals surface area contributed by atoms with Crippen LogP contribution >= 0.6 is 0 Å². The Morgan fingerprint density at radius 1 is 1.13 bits per heavy atom. The highest BCUT2D eigenvalue weighted by Crippen LogP contribution is 2.32. The van der Waals surface area contributed by atoms with Crippen LogP contribution in [0.15, 0.2) is 73.1 Å². The molecule has 1 amide bonds. The number of hydrogen-bond acceptors (Lipinski definition) is 5. The zero-order valence-corrected chi connectivity index (χ0v) is 17.0. The molecule has 0 aliphatic heterocycles. The molecule has 2 aromatic heterocycles. The second-order valence-corrected chi connectivity index (χ2v) is 6.94. The Hall–Kier alpha value is -4.00. The van der Waals surface area contributed by atoms with Crippen molar-refractivity contribution in [3.05, 3.63) is 90.0 Å². The van der Waals surface area contributed by atoms with E-state index in [-0.39, 0.29) is 12.5 Å². The molecule has 4 rings (SSSR count). The van der Waals surface area contributed by atoms with Crippen LogP contribution in [0.1, 0.15) is 22.8 Å². The first-order valence-electron chi connectivity index (χ1n) is 9.84. The number of rotatable bonds is 6. The number of carbonyl (C=O) groups excluding carboxylic acids is 1. The van der Waals surface area contributed by atoms with Crippen LogP contribution in [0, 0.1) is 5.82 Å². The Bertz CT molecular complexity index is 1230. The third-order valence-corrected chi connectivity index (χ3v) is 4.78. The van der Waals surface area contributed by atoms with E-state index in [1.807, 2.05) is 24.3 Å². The molecule has 2 heterocycles. The molecule has 2 N–H and O–H groups in total. The van der Waals surface area contributed by atoms with Crippen molar-refractivity contribution in [2.75, 3.05) is 17.2 Å². The van der Waals surface area contributed by atoms with Gasteiger partial charge in [0.15, 0.2) is 0 Å². The van der Waals surface area contributed by atoms with Crippen LogP contribution in [0.25, 0.3) is 10.9 Å². The standard InChI is InChI=1S/C24H21FN4O2/c1-2-31-22-13-19(25)8-9-21(22)29(24(30)18-4-3-11-27-14-18)15-16-5-6-17-7-10-23(26)28-20(17)12-16/h3-14H,2,15H2,1H3,(H2,26,28). The second kappa shape index (κ2) is 8.79. The van der Waals surface area contributed by atoms with Crippen molar-refractivity contribution >= 4 is 28.3 Å². The average Bonchev–Trinajstić information content (AvgIpc) is 2.78. The summed E-state index contributed by atoms with van der Waals surface area (Å²) in [6, 6.07) is 16.9. The van der Waals surface area contributed by atoms with Gasteiger partial charge in [0.05, 0.1) is 29.9 Å². The Morgan fingerprint density at radius 2 is 1.97 bits per heavy atom. The highest BCUT2D eigenvalue weighted by Gasteiger charge is 2.22. The van der Waals surface area contributed by atoms with E-state index in [4.69, 9.17) is 10.5 Å². The van der Waals surface area contributed by atoms with E-state index in [1.165, 1.54) is 18.3 Å². The first-order valence-corrected chi connectivity index (χ1v) is 9.84. The van der Waals surface area contributed by atoms with Gasteiger partial charge in [-0.05, 0) is 55.0 Å². The molecule has 2 aromatic carbocycles. The summed E-state index contributed by atoms with van der Waals surface area (Å²) in [6.45, 7) is 2.37. The van der Waals surface area contributed by atoms with Gasteiger partial charge >= 0.3 is 0 Å². The SMILES string of the molecule is CCOc1cc(F)ccc1N(Cc1ccc2ccc(N)nc2c1)C(=O)c1cccnc1. The molecular weight excluding hydrogens is 395 g/mol.